The first kappa shape index (κ1) is 13.5. The molecule has 1 aliphatic heterocycles. The number of methoxy groups -OCH3 is 1. The van der Waals surface area contributed by atoms with Gasteiger partial charge in [0.1, 0.15) is 6.10 Å². The molecule has 0 aromatic heterocycles. The van der Waals surface area contributed by atoms with Crippen LogP contribution in [0.5, 0.6) is 11.5 Å². The maximum Gasteiger partial charge on any atom is 0.161 e. The summed E-state index contributed by atoms with van der Waals surface area (Å²) in [6, 6.07) is 5.75. The number of hydrogen-bond donors (Lipinski definition) is 1. The third-order valence-corrected chi connectivity index (χ3v) is 3.99. The van der Waals surface area contributed by atoms with Gasteiger partial charge in [-0.1, -0.05) is 6.07 Å². The first-order chi connectivity index (χ1) is 8.83. The van der Waals surface area contributed by atoms with Gasteiger partial charge in [0.15, 0.2) is 11.5 Å². The highest BCUT2D eigenvalue weighted by atomic mass is 32.2. The Kier molecular flexibility index (Phi) is 5.16. The van der Waals surface area contributed by atoms with E-state index in [4.69, 9.17) is 15.4 Å². The summed E-state index contributed by atoms with van der Waals surface area (Å²) < 4.78 is 11.3. The molecular weight excluding hydrogens is 250 g/mol. The molecule has 0 amide bonds. The van der Waals surface area contributed by atoms with Gasteiger partial charge in [0.25, 0.3) is 0 Å². The topological polar surface area (TPSA) is 53.7 Å². The fourth-order valence-corrected chi connectivity index (χ4v) is 3.04. The minimum atomic E-state index is 0.286. The molecule has 5 heteroatoms. The van der Waals surface area contributed by atoms with Crippen LogP contribution in [0.25, 0.3) is 0 Å². The summed E-state index contributed by atoms with van der Waals surface area (Å²) in [7, 11) is 1.65. The Hall–Kier alpha value is -0.910. The van der Waals surface area contributed by atoms with Gasteiger partial charge in [-0.3, -0.25) is 4.84 Å². The number of thioether (sulfide) groups is 1. The fourth-order valence-electron chi connectivity index (χ4n) is 1.97. The summed E-state index contributed by atoms with van der Waals surface area (Å²) in [4.78, 5) is 4.65. The average molecular weight is 269 g/mol. The number of rotatable bonds is 5. The second-order valence-electron chi connectivity index (χ2n) is 4.23. The zero-order valence-electron chi connectivity index (χ0n) is 10.6. The standard InChI is InChI=1S/C13H19NO3S/c1-15-12-3-2-10(9-16-14)8-13(12)17-11-4-6-18-7-5-11/h2-3,8,11H,4-7,9,14H2,1H3. The van der Waals surface area contributed by atoms with Crippen LogP contribution in [0.2, 0.25) is 0 Å². The highest BCUT2D eigenvalue weighted by Crippen LogP contribution is 2.31. The van der Waals surface area contributed by atoms with Crippen LogP contribution >= 0.6 is 11.8 Å². The van der Waals surface area contributed by atoms with Gasteiger partial charge in [-0.15, -0.1) is 0 Å². The number of hydrogen-bond acceptors (Lipinski definition) is 5. The van der Waals surface area contributed by atoms with Crippen molar-refractivity contribution in [3.63, 3.8) is 0 Å². The van der Waals surface area contributed by atoms with E-state index in [-0.39, 0.29) is 6.10 Å². The van der Waals surface area contributed by atoms with E-state index in [2.05, 4.69) is 4.84 Å². The first-order valence-corrected chi connectivity index (χ1v) is 7.22. The van der Waals surface area contributed by atoms with Gasteiger partial charge in [-0.2, -0.15) is 11.8 Å². The number of ether oxygens (including phenoxy) is 2. The second-order valence-corrected chi connectivity index (χ2v) is 5.45. The molecule has 0 spiro atoms. The maximum atomic E-state index is 6.03. The molecule has 0 unspecified atom stereocenters. The zero-order valence-corrected chi connectivity index (χ0v) is 11.4. The predicted octanol–water partition coefficient (Wildman–Crippen LogP) is 2.36. The molecule has 0 bridgehead atoms. The molecule has 1 saturated heterocycles. The van der Waals surface area contributed by atoms with Crippen molar-refractivity contribution < 1.29 is 14.3 Å². The van der Waals surface area contributed by atoms with Gasteiger partial charge in [0, 0.05) is 0 Å². The maximum absolute atomic E-state index is 6.03. The van der Waals surface area contributed by atoms with Crippen LogP contribution in [0.4, 0.5) is 0 Å². The van der Waals surface area contributed by atoms with Crippen molar-refractivity contribution in [2.75, 3.05) is 18.6 Å². The van der Waals surface area contributed by atoms with E-state index in [1.165, 1.54) is 11.5 Å². The summed E-state index contributed by atoms with van der Waals surface area (Å²) >= 11 is 1.98. The molecule has 100 valence electrons. The third-order valence-electron chi connectivity index (χ3n) is 2.94. The molecule has 0 saturated carbocycles. The molecule has 1 aromatic carbocycles. The molecule has 1 heterocycles. The quantitative estimate of drug-likeness (QED) is 0.832. The second kappa shape index (κ2) is 6.87. The Morgan fingerprint density at radius 1 is 1.28 bits per heavy atom. The lowest BCUT2D eigenvalue weighted by molar-refractivity contribution is 0.123. The lowest BCUT2D eigenvalue weighted by Gasteiger charge is -2.24. The zero-order chi connectivity index (χ0) is 12.8. The summed E-state index contributed by atoms with van der Waals surface area (Å²) in [5, 5.41) is 0. The van der Waals surface area contributed by atoms with Crippen LogP contribution in [-0.2, 0) is 11.4 Å². The van der Waals surface area contributed by atoms with Crippen molar-refractivity contribution in [1.82, 2.24) is 0 Å². The molecule has 4 nitrogen and oxygen atoms in total. The lowest BCUT2D eigenvalue weighted by Crippen LogP contribution is -2.22. The molecule has 1 aliphatic rings. The van der Waals surface area contributed by atoms with Crippen molar-refractivity contribution in [3.8, 4) is 11.5 Å². The van der Waals surface area contributed by atoms with Crippen LogP contribution in [0, 0.1) is 0 Å². The van der Waals surface area contributed by atoms with E-state index in [1.807, 2.05) is 30.0 Å². The van der Waals surface area contributed by atoms with Crippen LogP contribution < -0.4 is 15.4 Å². The highest BCUT2D eigenvalue weighted by Gasteiger charge is 2.17. The smallest absolute Gasteiger partial charge is 0.161 e. The Balaban J connectivity index is 2.09. The minimum Gasteiger partial charge on any atom is -0.493 e. The predicted molar refractivity (Wildman–Crippen MR) is 72.9 cm³/mol. The molecule has 1 aromatic rings. The minimum absolute atomic E-state index is 0.286. The first-order valence-electron chi connectivity index (χ1n) is 6.06. The van der Waals surface area contributed by atoms with E-state index in [0.29, 0.717) is 6.61 Å². The lowest BCUT2D eigenvalue weighted by atomic mass is 10.2. The molecule has 2 rings (SSSR count). The van der Waals surface area contributed by atoms with Crippen LogP contribution in [0.1, 0.15) is 18.4 Å². The van der Waals surface area contributed by atoms with Crippen molar-refractivity contribution in [2.45, 2.75) is 25.6 Å². The van der Waals surface area contributed by atoms with Crippen molar-refractivity contribution >= 4 is 11.8 Å². The van der Waals surface area contributed by atoms with Crippen molar-refractivity contribution in [3.05, 3.63) is 23.8 Å². The highest BCUT2D eigenvalue weighted by molar-refractivity contribution is 7.99. The van der Waals surface area contributed by atoms with Crippen LogP contribution in [-0.4, -0.2) is 24.7 Å². The van der Waals surface area contributed by atoms with E-state index in [1.54, 1.807) is 7.11 Å². The Morgan fingerprint density at radius 3 is 2.72 bits per heavy atom. The van der Waals surface area contributed by atoms with E-state index in [0.717, 1.165) is 29.9 Å². The SMILES string of the molecule is COc1ccc(CON)cc1OC1CCSCC1. The van der Waals surface area contributed by atoms with Gasteiger partial charge < -0.3 is 9.47 Å². The van der Waals surface area contributed by atoms with E-state index < -0.39 is 0 Å². The summed E-state index contributed by atoms with van der Waals surface area (Å²) in [5.41, 5.74) is 0.985. The van der Waals surface area contributed by atoms with Gasteiger partial charge in [-0.25, -0.2) is 5.90 Å². The average Bonchev–Trinajstić information content (AvgIpc) is 2.41. The number of nitrogens with two attached hydrogens (primary N) is 1. The summed E-state index contributed by atoms with van der Waals surface area (Å²) in [6.45, 7) is 0.376. The third kappa shape index (κ3) is 3.54. The monoisotopic (exact) mass is 269 g/mol. The number of benzene rings is 1. The Labute approximate surface area is 112 Å². The molecular formula is C13H19NO3S. The van der Waals surface area contributed by atoms with Crippen molar-refractivity contribution in [2.24, 2.45) is 5.90 Å². The Morgan fingerprint density at radius 2 is 2.06 bits per heavy atom. The van der Waals surface area contributed by atoms with Gasteiger partial charge >= 0.3 is 0 Å². The fraction of sp³-hybridized carbons (Fsp3) is 0.538. The normalized spacial score (nSPS) is 16.6. The molecule has 0 aliphatic carbocycles. The van der Waals surface area contributed by atoms with Crippen LogP contribution in [0.3, 0.4) is 0 Å². The molecule has 18 heavy (non-hydrogen) atoms. The largest absolute Gasteiger partial charge is 0.493 e. The molecule has 1 fully saturated rings. The van der Waals surface area contributed by atoms with Crippen molar-refractivity contribution in [1.29, 1.82) is 0 Å². The van der Waals surface area contributed by atoms with Gasteiger partial charge in [0.2, 0.25) is 0 Å². The molecule has 0 atom stereocenters. The summed E-state index contributed by atoms with van der Waals surface area (Å²) in [5.74, 6) is 8.96. The van der Waals surface area contributed by atoms with Gasteiger partial charge in [-0.05, 0) is 42.0 Å². The molecule has 2 N–H and O–H groups in total. The van der Waals surface area contributed by atoms with Crippen LogP contribution in [0.15, 0.2) is 18.2 Å². The Bertz CT molecular complexity index is 380. The van der Waals surface area contributed by atoms with E-state index in [9.17, 15) is 0 Å². The van der Waals surface area contributed by atoms with E-state index >= 15 is 0 Å². The summed E-state index contributed by atoms with van der Waals surface area (Å²) in [6.07, 6.45) is 2.46. The van der Waals surface area contributed by atoms with Gasteiger partial charge in [0.05, 0.1) is 13.7 Å². The molecule has 0 radical (unpaired) electrons.